The van der Waals surface area contributed by atoms with Crippen molar-refractivity contribution in [2.75, 3.05) is 0 Å². The molecular formula is C12H17N3O2. The predicted octanol–water partition coefficient (Wildman–Crippen LogP) is 1.17. The lowest BCUT2D eigenvalue weighted by Gasteiger charge is -2.27. The molecule has 1 aliphatic heterocycles. The number of hydrogen-bond acceptors (Lipinski definition) is 3. The molecule has 0 aromatic carbocycles. The fourth-order valence-electron chi connectivity index (χ4n) is 2.43. The van der Waals surface area contributed by atoms with Gasteiger partial charge in [0.2, 0.25) is 0 Å². The van der Waals surface area contributed by atoms with Crippen LogP contribution in [0.3, 0.4) is 0 Å². The van der Waals surface area contributed by atoms with Crippen LogP contribution in [0.4, 0.5) is 0 Å². The third-order valence-corrected chi connectivity index (χ3v) is 3.39. The Labute approximate surface area is 99.8 Å². The van der Waals surface area contributed by atoms with Crippen LogP contribution in [0.25, 0.3) is 0 Å². The van der Waals surface area contributed by atoms with Crippen LogP contribution in [0.15, 0.2) is 16.9 Å². The van der Waals surface area contributed by atoms with E-state index in [2.05, 4.69) is 24.0 Å². The standard InChI is InChI=1S/C12H17N3O2/c1-3-9-5-4-8(2)15(9)12(17)10-6-7-11(16)14-13-10/h6-9H,3-5H2,1-2H3,(H,14,16). The van der Waals surface area contributed by atoms with E-state index in [0.29, 0.717) is 11.7 Å². The van der Waals surface area contributed by atoms with E-state index < -0.39 is 0 Å². The molecule has 2 unspecified atom stereocenters. The highest BCUT2D eigenvalue weighted by molar-refractivity contribution is 5.92. The molecule has 0 radical (unpaired) electrons. The monoisotopic (exact) mass is 235 g/mol. The summed E-state index contributed by atoms with van der Waals surface area (Å²) >= 11 is 0. The fourth-order valence-corrected chi connectivity index (χ4v) is 2.43. The van der Waals surface area contributed by atoms with Crippen LogP contribution in [0.5, 0.6) is 0 Å². The smallest absolute Gasteiger partial charge is 0.274 e. The van der Waals surface area contributed by atoms with Crippen LogP contribution < -0.4 is 5.56 Å². The minimum atomic E-state index is -0.289. The molecule has 2 heterocycles. The number of aromatic amines is 1. The van der Waals surface area contributed by atoms with Crippen molar-refractivity contribution in [2.45, 2.75) is 45.2 Å². The molecule has 1 aliphatic rings. The highest BCUT2D eigenvalue weighted by atomic mass is 16.2. The zero-order chi connectivity index (χ0) is 12.4. The van der Waals surface area contributed by atoms with E-state index in [4.69, 9.17) is 0 Å². The highest BCUT2D eigenvalue weighted by Gasteiger charge is 2.34. The minimum Gasteiger partial charge on any atom is -0.332 e. The number of rotatable bonds is 2. The van der Waals surface area contributed by atoms with Gasteiger partial charge in [0.05, 0.1) is 0 Å². The maximum absolute atomic E-state index is 12.3. The van der Waals surface area contributed by atoms with Crippen molar-refractivity contribution in [3.63, 3.8) is 0 Å². The number of amides is 1. The van der Waals surface area contributed by atoms with Gasteiger partial charge in [-0.1, -0.05) is 6.92 Å². The normalized spacial score (nSPS) is 24.0. The predicted molar refractivity (Wildman–Crippen MR) is 63.8 cm³/mol. The molecule has 2 atom stereocenters. The van der Waals surface area contributed by atoms with Gasteiger partial charge in [0.15, 0.2) is 0 Å². The van der Waals surface area contributed by atoms with Crippen LogP contribution in [0.1, 0.15) is 43.6 Å². The Kier molecular flexibility index (Phi) is 3.26. The molecule has 1 fully saturated rings. The fraction of sp³-hybridized carbons (Fsp3) is 0.583. The van der Waals surface area contributed by atoms with Crippen LogP contribution in [-0.2, 0) is 0 Å². The third kappa shape index (κ3) is 2.23. The lowest BCUT2D eigenvalue weighted by molar-refractivity contribution is 0.0669. The first-order valence-corrected chi connectivity index (χ1v) is 6.02. The molecule has 1 saturated heterocycles. The van der Waals surface area contributed by atoms with Crippen molar-refractivity contribution in [1.82, 2.24) is 15.1 Å². The Balaban J connectivity index is 2.24. The summed E-state index contributed by atoms with van der Waals surface area (Å²) in [5.41, 5.74) is 0.0276. The Morgan fingerprint density at radius 2 is 2.29 bits per heavy atom. The van der Waals surface area contributed by atoms with Crippen molar-refractivity contribution in [3.05, 3.63) is 28.2 Å². The molecule has 2 rings (SSSR count). The Bertz CT molecular complexity index is 449. The molecule has 1 amide bonds. The van der Waals surface area contributed by atoms with E-state index in [1.54, 1.807) is 0 Å². The van der Waals surface area contributed by atoms with Crippen molar-refractivity contribution in [2.24, 2.45) is 0 Å². The van der Waals surface area contributed by atoms with Crippen LogP contribution in [0.2, 0.25) is 0 Å². The zero-order valence-electron chi connectivity index (χ0n) is 10.1. The summed E-state index contributed by atoms with van der Waals surface area (Å²) < 4.78 is 0. The Morgan fingerprint density at radius 1 is 1.53 bits per heavy atom. The second-order valence-electron chi connectivity index (χ2n) is 4.51. The quantitative estimate of drug-likeness (QED) is 0.836. The zero-order valence-corrected chi connectivity index (χ0v) is 10.1. The largest absolute Gasteiger partial charge is 0.332 e. The summed E-state index contributed by atoms with van der Waals surface area (Å²) in [7, 11) is 0. The van der Waals surface area contributed by atoms with Crippen LogP contribution in [-0.4, -0.2) is 33.1 Å². The number of nitrogens with one attached hydrogen (secondary N) is 1. The van der Waals surface area contributed by atoms with Crippen molar-refractivity contribution in [1.29, 1.82) is 0 Å². The molecule has 5 heteroatoms. The molecule has 1 aromatic rings. The number of carbonyl (C=O) groups is 1. The maximum Gasteiger partial charge on any atom is 0.274 e. The molecule has 0 spiro atoms. The SMILES string of the molecule is CCC1CCC(C)N1C(=O)c1ccc(=O)[nH]n1. The number of aromatic nitrogens is 2. The maximum atomic E-state index is 12.3. The van der Waals surface area contributed by atoms with Crippen LogP contribution >= 0.6 is 0 Å². The third-order valence-electron chi connectivity index (χ3n) is 3.39. The summed E-state index contributed by atoms with van der Waals surface area (Å²) in [4.78, 5) is 25.1. The second-order valence-corrected chi connectivity index (χ2v) is 4.51. The topological polar surface area (TPSA) is 66.1 Å². The van der Waals surface area contributed by atoms with Gasteiger partial charge in [-0.25, -0.2) is 5.10 Å². The Hall–Kier alpha value is -1.65. The van der Waals surface area contributed by atoms with Gasteiger partial charge in [0, 0.05) is 18.2 Å². The first-order valence-electron chi connectivity index (χ1n) is 6.02. The number of H-pyrrole nitrogens is 1. The summed E-state index contributed by atoms with van der Waals surface area (Å²) in [6.07, 6.45) is 3.04. The molecular weight excluding hydrogens is 218 g/mol. The van der Waals surface area contributed by atoms with Gasteiger partial charge in [-0.15, -0.1) is 0 Å². The average Bonchev–Trinajstić information content (AvgIpc) is 2.70. The number of carbonyl (C=O) groups excluding carboxylic acids is 1. The number of hydrogen-bond donors (Lipinski definition) is 1. The van der Waals surface area contributed by atoms with Gasteiger partial charge in [-0.05, 0) is 32.3 Å². The second kappa shape index (κ2) is 4.69. The summed E-state index contributed by atoms with van der Waals surface area (Å²) in [6, 6.07) is 3.37. The van der Waals surface area contributed by atoms with Crippen molar-refractivity contribution < 1.29 is 4.79 Å². The van der Waals surface area contributed by atoms with Gasteiger partial charge in [0.25, 0.3) is 11.5 Å². The van der Waals surface area contributed by atoms with Crippen molar-refractivity contribution >= 4 is 5.91 Å². The number of nitrogens with zero attached hydrogens (tertiary/aromatic N) is 2. The summed E-state index contributed by atoms with van der Waals surface area (Å²) in [6.45, 7) is 4.14. The molecule has 0 bridgehead atoms. The van der Waals surface area contributed by atoms with E-state index in [0.717, 1.165) is 19.3 Å². The molecule has 1 aromatic heterocycles. The molecule has 5 nitrogen and oxygen atoms in total. The van der Waals surface area contributed by atoms with E-state index in [1.807, 2.05) is 4.90 Å². The van der Waals surface area contributed by atoms with Crippen LogP contribution in [0, 0.1) is 0 Å². The molecule has 17 heavy (non-hydrogen) atoms. The first kappa shape index (κ1) is 11.8. The van der Waals surface area contributed by atoms with E-state index in [1.165, 1.54) is 12.1 Å². The molecule has 0 aliphatic carbocycles. The van der Waals surface area contributed by atoms with E-state index in [-0.39, 0.29) is 17.5 Å². The molecule has 1 N–H and O–H groups in total. The lowest BCUT2D eigenvalue weighted by Crippen LogP contribution is -2.40. The summed E-state index contributed by atoms with van der Waals surface area (Å²) in [5.74, 6) is -0.0851. The van der Waals surface area contributed by atoms with Gasteiger partial charge >= 0.3 is 0 Å². The van der Waals surface area contributed by atoms with E-state index in [9.17, 15) is 9.59 Å². The lowest BCUT2D eigenvalue weighted by atomic mass is 10.1. The van der Waals surface area contributed by atoms with E-state index >= 15 is 0 Å². The Morgan fingerprint density at radius 3 is 2.88 bits per heavy atom. The van der Waals surface area contributed by atoms with Gasteiger partial charge in [0.1, 0.15) is 5.69 Å². The average molecular weight is 235 g/mol. The van der Waals surface area contributed by atoms with Crippen molar-refractivity contribution in [3.8, 4) is 0 Å². The first-order chi connectivity index (χ1) is 8.13. The minimum absolute atomic E-state index is 0.0851. The van der Waals surface area contributed by atoms with Gasteiger partial charge in [-0.2, -0.15) is 5.10 Å². The highest BCUT2D eigenvalue weighted by Crippen LogP contribution is 2.27. The molecule has 92 valence electrons. The van der Waals surface area contributed by atoms with Gasteiger partial charge in [-0.3, -0.25) is 9.59 Å². The molecule has 0 saturated carbocycles. The number of likely N-dealkylation sites (tertiary alicyclic amines) is 1. The summed E-state index contributed by atoms with van der Waals surface area (Å²) in [5, 5.41) is 6.10. The van der Waals surface area contributed by atoms with Gasteiger partial charge < -0.3 is 4.90 Å².